The third-order valence-electron chi connectivity index (χ3n) is 3.67. The van der Waals surface area contributed by atoms with Crippen molar-refractivity contribution in [1.29, 1.82) is 0 Å². The summed E-state index contributed by atoms with van der Waals surface area (Å²) >= 11 is 1.32. The van der Waals surface area contributed by atoms with Crippen molar-refractivity contribution in [1.82, 2.24) is 4.98 Å². The lowest BCUT2D eigenvalue weighted by Gasteiger charge is -2.02. The minimum absolute atomic E-state index is 0.129. The monoisotopic (exact) mass is 397 g/mol. The highest BCUT2D eigenvalue weighted by Crippen LogP contribution is 2.26. The molecule has 1 aromatic heterocycles. The lowest BCUT2D eigenvalue weighted by atomic mass is 10.1. The molecule has 0 atom stereocenters. The van der Waals surface area contributed by atoms with Gasteiger partial charge in [-0.2, -0.15) is 0 Å². The summed E-state index contributed by atoms with van der Waals surface area (Å²) in [5.41, 5.74) is 2.00. The molecule has 2 aromatic carbocycles. The number of esters is 1. The van der Waals surface area contributed by atoms with Crippen molar-refractivity contribution in [3.63, 3.8) is 0 Å². The number of fused-ring (bicyclic) bond motifs is 1. The number of nitrogens with zero attached hydrogens (tertiary/aromatic N) is 2. The van der Waals surface area contributed by atoms with Crippen molar-refractivity contribution in [2.75, 3.05) is 11.9 Å². The number of hydrogen-bond acceptors (Lipinski definition) is 7. The molecular formula is C19H15N3O5S. The number of carbonyl (C=O) groups is 2. The van der Waals surface area contributed by atoms with Gasteiger partial charge in [-0.1, -0.05) is 29.5 Å². The molecule has 0 bridgehead atoms. The number of benzene rings is 2. The molecule has 8 nitrogen and oxygen atoms in total. The summed E-state index contributed by atoms with van der Waals surface area (Å²) in [7, 11) is 0. The molecule has 0 radical (unpaired) electrons. The first-order chi connectivity index (χ1) is 13.4. The SMILES string of the molecule is Cc1ccc2nc(NC(=O)COC(=O)/C=C/c3ccccc3[N+](=O)[O-])sc2c1. The number of thiazole rings is 1. The number of hydrogen-bond donors (Lipinski definition) is 1. The fraction of sp³-hybridized carbons (Fsp3) is 0.105. The third kappa shape index (κ3) is 4.77. The Morgan fingerprint density at radius 3 is 2.86 bits per heavy atom. The average Bonchev–Trinajstić information content (AvgIpc) is 3.06. The molecule has 1 heterocycles. The number of nitro benzene ring substituents is 1. The molecule has 0 saturated carbocycles. The smallest absolute Gasteiger partial charge is 0.331 e. The average molecular weight is 397 g/mol. The van der Waals surface area contributed by atoms with Gasteiger partial charge in [0.25, 0.3) is 11.6 Å². The van der Waals surface area contributed by atoms with Crippen LogP contribution in [0, 0.1) is 17.0 Å². The first kappa shape index (κ1) is 19.2. The number of anilines is 1. The summed E-state index contributed by atoms with van der Waals surface area (Å²) in [4.78, 5) is 38.4. The van der Waals surface area contributed by atoms with Crippen molar-refractivity contribution in [2.24, 2.45) is 0 Å². The highest BCUT2D eigenvalue weighted by molar-refractivity contribution is 7.22. The number of aryl methyl sites for hydroxylation is 1. The Labute approximate surface area is 163 Å². The Bertz CT molecular complexity index is 1090. The topological polar surface area (TPSA) is 111 Å². The molecule has 142 valence electrons. The van der Waals surface area contributed by atoms with Gasteiger partial charge in [-0.15, -0.1) is 0 Å². The van der Waals surface area contributed by atoms with Gasteiger partial charge < -0.3 is 4.74 Å². The molecule has 0 spiro atoms. The van der Waals surface area contributed by atoms with E-state index in [4.69, 9.17) is 4.74 Å². The van der Waals surface area contributed by atoms with E-state index in [0.29, 0.717) is 5.13 Å². The van der Waals surface area contributed by atoms with Crippen molar-refractivity contribution in [3.8, 4) is 0 Å². The van der Waals surface area contributed by atoms with Gasteiger partial charge in [0, 0.05) is 12.1 Å². The van der Waals surface area contributed by atoms with Crippen LogP contribution in [-0.2, 0) is 14.3 Å². The number of rotatable bonds is 6. The van der Waals surface area contributed by atoms with E-state index in [1.165, 1.54) is 35.6 Å². The van der Waals surface area contributed by atoms with Crippen LogP contribution >= 0.6 is 11.3 Å². The minimum Gasteiger partial charge on any atom is -0.452 e. The Morgan fingerprint density at radius 2 is 2.07 bits per heavy atom. The second-order valence-corrected chi connectivity index (χ2v) is 6.83. The number of ether oxygens (including phenoxy) is 1. The maximum atomic E-state index is 11.9. The molecule has 3 aromatic rings. The van der Waals surface area contributed by atoms with E-state index in [9.17, 15) is 19.7 Å². The highest BCUT2D eigenvalue weighted by Gasteiger charge is 2.12. The van der Waals surface area contributed by atoms with Crippen LogP contribution in [0.1, 0.15) is 11.1 Å². The van der Waals surface area contributed by atoms with Crippen LogP contribution in [0.25, 0.3) is 16.3 Å². The summed E-state index contributed by atoms with van der Waals surface area (Å²) in [5.74, 6) is -1.31. The molecule has 0 saturated heterocycles. The lowest BCUT2D eigenvalue weighted by molar-refractivity contribution is -0.385. The summed E-state index contributed by atoms with van der Waals surface area (Å²) in [6.07, 6.45) is 2.31. The molecule has 0 unspecified atom stereocenters. The Morgan fingerprint density at radius 1 is 1.29 bits per heavy atom. The third-order valence-corrected chi connectivity index (χ3v) is 4.60. The normalized spacial score (nSPS) is 10.9. The first-order valence-corrected chi connectivity index (χ1v) is 8.99. The maximum absolute atomic E-state index is 11.9. The summed E-state index contributed by atoms with van der Waals surface area (Å²) in [6, 6.07) is 11.7. The number of nitro groups is 1. The Balaban J connectivity index is 1.55. The largest absolute Gasteiger partial charge is 0.452 e. The fourth-order valence-corrected chi connectivity index (χ4v) is 3.36. The van der Waals surface area contributed by atoms with Gasteiger partial charge in [-0.05, 0) is 36.8 Å². The van der Waals surface area contributed by atoms with Crippen LogP contribution in [0.2, 0.25) is 0 Å². The maximum Gasteiger partial charge on any atom is 0.331 e. The Hall–Kier alpha value is -3.59. The van der Waals surface area contributed by atoms with Crippen molar-refractivity contribution in [2.45, 2.75) is 6.92 Å². The number of para-hydroxylation sites is 1. The second-order valence-electron chi connectivity index (χ2n) is 5.80. The molecule has 0 fully saturated rings. The van der Waals surface area contributed by atoms with Crippen molar-refractivity contribution >= 4 is 50.3 Å². The van der Waals surface area contributed by atoms with Gasteiger partial charge >= 0.3 is 5.97 Å². The van der Waals surface area contributed by atoms with Gasteiger partial charge in [-0.25, -0.2) is 9.78 Å². The van der Waals surface area contributed by atoms with Gasteiger partial charge in [-0.3, -0.25) is 20.2 Å². The quantitative estimate of drug-likeness (QED) is 0.294. The van der Waals surface area contributed by atoms with Crippen LogP contribution in [0.4, 0.5) is 10.8 Å². The van der Waals surface area contributed by atoms with Crippen molar-refractivity contribution < 1.29 is 19.2 Å². The van der Waals surface area contributed by atoms with E-state index in [-0.39, 0.29) is 11.3 Å². The number of nitrogens with one attached hydrogen (secondary N) is 1. The number of aromatic nitrogens is 1. The lowest BCUT2D eigenvalue weighted by Crippen LogP contribution is -2.19. The molecule has 3 rings (SSSR count). The predicted molar refractivity (Wildman–Crippen MR) is 106 cm³/mol. The number of amides is 1. The van der Waals surface area contributed by atoms with E-state index in [2.05, 4.69) is 10.3 Å². The molecule has 0 aliphatic carbocycles. The van der Waals surface area contributed by atoms with E-state index in [0.717, 1.165) is 21.9 Å². The molecule has 28 heavy (non-hydrogen) atoms. The van der Waals surface area contributed by atoms with Crippen LogP contribution < -0.4 is 5.32 Å². The van der Waals surface area contributed by atoms with Gasteiger partial charge in [0.1, 0.15) is 0 Å². The zero-order chi connectivity index (χ0) is 20.1. The van der Waals surface area contributed by atoms with Crippen molar-refractivity contribution in [3.05, 3.63) is 69.8 Å². The van der Waals surface area contributed by atoms with Crippen LogP contribution in [0.3, 0.4) is 0 Å². The fourth-order valence-electron chi connectivity index (χ4n) is 2.38. The predicted octanol–water partition coefficient (Wildman–Crippen LogP) is 3.71. The molecule has 0 aliphatic heterocycles. The number of carbonyl (C=O) groups excluding carboxylic acids is 2. The van der Waals surface area contributed by atoms with Crippen LogP contribution in [-0.4, -0.2) is 28.4 Å². The van der Waals surface area contributed by atoms with E-state index < -0.39 is 23.4 Å². The van der Waals surface area contributed by atoms with E-state index in [1.807, 2.05) is 25.1 Å². The summed E-state index contributed by atoms with van der Waals surface area (Å²) in [5, 5.41) is 13.9. The van der Waals surface area contributed by atoms with Gasteiger partial charge in [0.05, 0.1) is 20.7 Å². The standard InChI is InChI=1S/C19H15N3O5S/c1-12-6-8-14-16(10-12)28-19(20-14)21-17(23)11-27-18(24)9-7-13-4-2-3-5-15(13)22(25)26/h2-10H,11H2,1H3,(H,20,21,23)/b9-7+. The minimum atomic E-state index is -0.784. The molecule has 1 N–H and O–H groups in total. The second kappa shape index (κ2) is 8.40. The summed E-state index contributed by atoms with van der Waals surface area (Å²) in [6.45, 7) is 1.48. The van der Waals surface area contributed by atoms with Crippen LogP contribution in [0.5, 0.6) is 0 Å². The highest BCUT2D eigenvalue weighted by atomic mass is 32.1. The first-order valence-electron chi connectivity index (χ1n) is 8.17. The molecule has 9 heteroatoms. The van der Waals surface area contributed by atoms with Gasteiger partial charge in [0.2, 0.25) is 0 Å². The molecular weight excluding hydrogens is 382 g/mol. The zero-order valence-corrected chi connectivity index (χ0v) is 15.6. The zero-order valence-electron chi connectivity index (χ0n) is 14.7. The van der Waals surface area contributed by atoms with Gasteiger partial charge in [0.15, 0.2) is 11.7 Å². The van der Waals surface area contributed by atoms with E-state index in [1.54, 1.807) is 6.07 Å². The molecule has 0 aliphatic rings. The molecule has 1 amide bonds. The summed E-state index contributed by atoms with van der Waals surface area (Å²) < 4.78 is 5.80. The van der Waals surface area contributed by atoms with Crippen LogP contribution in [0.15, 0.2) is 48.5 Å². The van der Waals surface area contributed by atoms with E-state index >= 15 is 0 Å². The Kier molecular flexibility index (Phi) is 5.75.